The molecule has 2 saturated heterocycles. The van der Waals surface area contributed by atoms with E-state index < -0.39 is 0 Å². The van der Waals surface area contributed by atoms with E-state index in [4.69, 9.17) is 19.4 Å². The Kier molecular flexibility index (Phi) is 6.62. The maximum atomic E-state index is 12.5. The summed E-state index contributed by atoms with van der Waals surface area (Å²) in [5, 5.41) is 3.26. The molecule has 29 heavy (non-hydrogen) atoms. The van der Waals surface area contributed by atoms with E-state index in [-0.39, 0.29) is 18.6 Å². The molecule has 1 atom stereocenters. The summed E-state index contributed by atoms with van der Waals surface area (Å²) in [5.41, 5.74) is 2.40. The summed E-state index contributed by atoms with van der Waals surface area (Å²) >= 11 is 0. The summed E-state index contributed by atoms with van der Waals surface area (Å²) in [5.74, 6) is 2.27. The van der Waals surface area contributed by atoms with Gasteiger partial charge in [0, 0.05) is 57.7 Å². The maximum absolute atomic E-state index is 12.5. The Bertz CT molecular complexity index is 697. The van der Waals surface area contributed by atoms with Gasteiger partial charge >= 0.3 is 0 Å². The number of piperidine rings is 1. The minimum absolute atomic E-state index is 0.0757. The molecular weight excluding hydrogens is 370 g/mol. The molecule has 0 saturated carbocycles. The number of carbonyl (C=O) groups excluding carboxylic acids is 1. The second-order valence-electron chi connectivity index (χ2n) is 8.40. The molecule has 8 nitrogen and oxygen atoms in total. The zero-order valence-corrected chi connectivity index (χ0v) is 17.7. The molecule has 1 aromatic heterocycles. The highest BCUT2D eigenvalue weighted by molar-refractivity contribution is 5.77. The van der Waals surface area contributed by atoms with Crippen molar-refractivity contribution >= 4 is 11.7 Å². The van der Waals surface area contributed by atoms with Crippen molar-refractivity contribution < 1.29 is 14.3 Å². The second kappa shape index (κ2) is 9.36. The Morgan fingerprint density at radius 1 is 1.24 bits per heavy atom. The van der Waals surface area contributed by atoms with E-state index in [9.17, 15) is 4.79 Å². The van der Waals surface area contributed by atoms with Crippen LogP contribution in [0.25, 0.3) is 0 Å². The molecule has 0 aromatic carbocycles. The number of rotatable bonds is 6. The summed E-state index contributed by atoms with van der Waals surface area (Å²) in [7, 11) is 4.06. The molecule has 2 fully saturated rings. The number of nitrogens with zero attached hydrogens (tertiary/aromatic N) is 4. The first-order valence-corrected chi connectivity index (χ1v) is 10.9. The number of carbonyl (C=O) groups is 1. The van der Waals surface area contributed by atoms with Gasteiger partial charge in [-0.05, 0) is 32.7 Å². The highest BCUT2D eigenvalue weighted by Crippen LogP contribution is 2.30. The number of fused-ring (bicyclic) bond motifs is 1. The fourth-order valence-corrected chi connectivity index (χ4v) is 4.49. The van der Waals surface area contributed by atoms with Crippen LogP contribution in [0.2, 0.25) is 0 Å². The zero-order valence-electron chi connectivity index (χ0n) is 17.7. The summed E-state index contributed by atoms with van der Waals surface area (Å²) in [6, 6.07) is 0. The third kappa shape index (κ3) is 4.87. The van der Waals surface area contributed by atoms with Gasteiger partial charge in [0.05, 0.1) is 18.4 Å². The van der Waals surface area contributed by atoms with Gasteiger partial charge in [0.25, 0.3) is 0 Å². The number of aromatic nitrogens is 2. The number of ether oxygens (including phenoxy) is 2. The molecule has 3 aliphatic rings. The Morgan fingerprint density at radius 3 is 2.79 bits per heavy atom. The normalized spacial score (nSPS) is 23.2. The van der Waals surface area contributed by atoms with Gasteiger partial charge in [0.15, 0.2) is 0 Å². The van der Waals surface area contributed by atoms with Crippen LogP contribution in [0.15, 0.2) is 0 Å². The SMILES string of the molecule is CNc1nc(C2CCN(C(=O)COC[C@H]3CCCO3)CC2)nc2c1CN(C)CC2. The van der Waals surface area contributed by atoms with Crippen LogP contribution in [-0.2, 0) is 27.2 Å². The number of hydrogen-bond acceptors (Lipinski definition) is 7. The number of hydrogen-bond donors (Lipinski definition) is 1. The van der Waals surface area contributed by atoms with Crippen LogP contribution in [-0.4, -0.2) is 85.3 Å². The first-order chi connectivity index (χ1) is 14.1. The van der Waals surface area contributed by atoms with E-state index in [2.05, 4.69) is 17.3 Å². The Morgan fingerprint density at radius 2 is 2.07 bits per heavy atom. The smallest absolute Gasteiger partial charge is 0.248 e. The van der Waals surface area contributed by atoms with E-state index in [1.54, 1.807) is 0 Å². The predicted molar refractivity (Wildman–Crippen MR) is 110 cm³/mol. The molecule has 4 rings (SSSR count). The van der Waals surface area contributed by atoms with Crippen molar-refractivity contribution in [2.75, 3.05) is 58.9 Å². The van der Waals surface area contributed by atoms with Crippen molar-refractivity contribution in [1.29, 1.82) is 0 Å². The fourth-order valence-electron chi connectivity index (χ4n) is 4.49. The number of nitrogens with one attached hydrogen (secondary N) is 1. The van der Waals surface area contributed by atoms with Gasteiger partial charge in [-0.15, -0.1) is 0 Å². The lowest BCUT2D eigenvalue weighted by Gasteiger charge is -2.32. The average Bonchev–Trinajstić information content (AvgIpc) is 3.26. The van der Waals surface area contributed by atoms with Crippen LogP contribution in [0.3, 0.4) is 0 Å². The van der Waals surface area contributed by atoms with Crippen molar-refractivity contribution in [3.05, 3.63) is 17.1 Å². The Labute approximate surface area is 173 Å². The number of likely N-dealkylation sites (tertiary alicyclic amines) is 1. The van der Waals surface area contributed by atoms with Crippen LogP contribution in [0.5, 0.6) is 0 Å². The van der Waals surface area contributed by atoms with Crippen molar-refractivity contribution in [2.24, 2.45) is 0 Å². The molecular formula is C21H33N5O3. The quantitative estimate of drug-likeness (QED) is 0.769. The van der Waals surface area contributed by atoms with Gasteiger partial charge in [-0.2, -0.15) is 0 Å². The minimum atomic E-state index is 0.0757. The lowest BCUT2D eigenvalue weighted by atomic mass is 9.95. The average molecular weight is 404 g/mol. The molecule has 1 N–H and O–H groups in total. The topological polar surface area (TPSA) is 79.8 Å². The van der Waals surface area contributed by atoms with E-state index in [1.165, 1.54) is 11.3 Å². The van der Waals surface area contributed by atoms with E-state index in [0.717, 1.165) is 76.5 Å². The summed E-state index contributed by atoms with van der Waals surface area (Å²) in [6.45, 7) is 4.89. The van der Waals surface area contributed by atoms with Crippen LogP contribution < -0.4 is 5.32 Å². The fraction of sp³-hybridized carbons (Fsp3) is 0.762. The Hall–Kier alpha value is -1.77. The zero-order chi connectivity index (χ0) is 20.2. The first-order valence-electron chi connectivity index (χ1n) is 10.9. The third-order valence-corrected chi connectivity index (χ3v) is 6.27. The summed E-state index contributed by atoms with van der Waals surface area (Å²) in [4.78, 5) is 26.4. The minimum Gasteiger partial charge on any atom is -0.376 e. The highest BCUT2D eigenvalue weighted by Gasteiger charge is 2.28. The van der Waals surface area contributed by atoms with Crippen LogP contribution in [0.1, 0.15) is 48.7 Å². The van der Waals surface area contributed by atoms with Gasteiger partial charge < -0.3 is 24.6 Å². The van der Waals surface area contributed by atoms with Crippen LogP contribution in [0.4, 0.5) is 5.82 Å². The number of likely N-dealkylation sites (N-methyl/N-ethyl adjacent to an activating group) is 1. The van der Waals surface area contributed by atoms with Gasteiger partial charge in [0.2, 0.25) is 5.91 Å². The number of amides is 1. The van der Waals surface area contributed by atoms with E-state index >= 15 is 0 Å². The highest BCUT2D eigenvalue weighted by atomic mass is 16.5. The molecule has 1 aromatic rings. The van der Waals surface area contributed by atoms with Crippen molar-refractivity contribution in [3.63, 3.8) is 0 Å². The molecule has 4 heterocycles. The molecule has 0 spiro atoms. The van der Waals surface area contributed by atoms with E-state index in [0.29, 0.717) is 12.5 Å². The van der Waals surface area contributed by atoms with E-state index in [1.807, 2.05) is 11.9 Å². The van der Waals surface area contributed by atoms with Crippen molar-refractivity contribution in [1.82, 2.24) is 19.8 Å². The Balaban J connectivity index is 1.30. The predicted octanol–water partition coefficient (Wildman–Crippen LogP) is 1.41. The maximum Gasteiger partial charge on any atom is 0.248 e. The standard InChI is InChI=1S/C21H33N5O3/c1-22-21-17-12-25(2)8-7-18(17)23-20(24-21)15-5-9-26(10-6-15)19(27)14-28-13-16-4-3-11-29-16/h15-16H,3-14H2,1-2H3,(H,22,23,24)/t16-/m1/s1. The van der Waals surface area contributed by atoms with Crippen molar-refractivity contribution in [3.8, 4) is 0 Å². The lowest BCUT2D eigenvalue weighted by Crippen LogP contribution is -2.40. The lowest BCUT2D eigenvalue weighted by molar-refractivity contribution is -0.138. The molecule has 0 unspecified atom stereocenters. The summed E-state index contributed by atoms with van der Waals surface area (Å²) < 4.78 is 11.1. The van der Waals surface area contributed by atoms with Crippen LogP contribution in [0, 0.1) is 0 Å². The third-order valence-electron chi connectivity index (χ3n) is 6.27. The molecule has 0 radical (unpaired) electrons. The van der Waals surface area contributed by atoms with Crippen molar-refractivity contribution in [2.45, 2.75) is 50.7 Å². The van der Waals surface area contributed by atoms with Gasteiger partial charge in [-0.25, -0.2) is 9.97 Å². The van der Waals surface area contributed by atoms with Gasteiger partial charge in [-0.1, -0.05) is 0 Å². The molecule has 0 aliphatic carbocycles. The monoisotopic (exact) mass is 403 g/mol. The van der Waals surface area contributed by atoms with Gasteiger partial charge in [-0.3, -0.25) is 4.79 Å². The molecule has 3 aliphatic heterocycles. The number of anilines is 1. The molecule has 160 valence electrons. The molecule has 1 amide bonds. The largest absolute Gasteiger partial charge is 0.376 e. The van der Waals surface area contributed by atoms with Crippen LogP contribution >= 0.6 is 0 Å². The summed E-state index contributed by atoms with van der Waals surface area (Å²) in [6.07, 6.45) is 5.06. The molecule has 8 heteroatoms. The second-order valence-corrected chi connectivity index (χ2v) is 8.40. The first kappa shape index (κ1) is 20.5. The molecule has 0 bridgehead atoms. The van der Waals surface area contributed by atoms with Gasteiger partial charge in [0.1, 0.15) is 18.2 Å².